The third-order valence-electron chi connectivity index (χ3n) is 3.70. The summed E-state index contributed by atoms with van der Waals surface area (Å²) >= 11 is 0. The normalized spacial score (nSPS) is 20.7. The minimum Gasteiger partial charge on any atom is -0.479 e. The Morgan fingerprint density at radius 1 is 1.48 bits per heavy atom. The Morgan fingerprint density at radius 2 is 2.24 bits per heavy atom. The van der Waals surface area contributed by atoms with E-state index in [1.807, 2.05) is 0 Å². The van der Waals surface area contributed by atoms with E-state index in [-0.39, 0.29) is 11.8 Å². The van der Waals surface area contributed by atoms with E-state index in [0.29, 0.717) is 36.1 Å². The summed E-state index contributed by atoms with van der Waals surface area (Å²) in [6.45, 7) is 2.05. The number of nitrogens with zero attached hydrogens (tertiary/aromatic N) is 1. The van der Waals surface area contributed by atoms with Gasteiger partial charge in [0.15, 0.2) is 6.10 Å². The topological polar surface area (TPSA) is 84.7 Å². The molecular formula is C15H19N3O3. The number of nitrogen functional groups attached to an aromatic ring is 1. The van der Waals surface area contributed by atoms with Gasteiger partial charge in [-0.05, 0) is 31.9 Å². The van der Waals surface area contributed by atoms with Crippen LogP contribution in [0.15, 0.2) is 18.2 Å². The van der Waals surface area contributed by atoms with Gasteiger partial charge in [-0.2, -0.15) is 0 Å². The molecule has 112 valence electrons. The molecule has 1 unspecified atom stereocenters. The van der Waals surface area contributed by atoms with Crippen molar-refractivity contribution in [1.82, 2.24) is 5.32 Å². The van der Waals surface area contributed by atoms with Crippen molar-refractivity contribution >= 4 is 23.2 Å². The highest BCUT2D eigenvalue weighted by molar-refractivity contribution is 6.00. The van der Waals surface area contributed by atoms with Gasteiger partial charge in [-0.15, -0.1) is 0 Å². The van der Waals surface area contributed by atoms with Gasteiger partial charge in [-0.1, -0.05) is 0 Å². The molecule has 3 N–H and O–H groups in total. The third kappa shape index (κ3) is 2.94. The molecule has 21 heavy (non-hydrogen) atoms. The van der Waals surface area contributed by atoms with Crippen LogP contribution < -0.4 is 20.7 Å². The van der Waals surface area contributed by atoms with E-state index in [2.05, 4.69) is 5.32 Å². The Kier molecular flexibility index (Phi) is 3.45. The number of nitrogens with two attached hydrogens (primary N) is 1. The lowest BCUT2D eigenvalue weighted by molar-refractivity contribution is -0.125. The van der Waals surface area contributed by atoms with Crippen LogP contribution in [0.25, 0.3) is 0 Å². The van der Waals surface area contributed by atoms with Crippen molar-refractivity contribution in [1.29, 1.82) is 0 Å². The number of anilines is 2. The maximum Gasteiger partial charge on any atom is 0.267 e. The zero-order valence-electron chi connectivity index (χ0n) is 12.0. The Hall–Kier alpha value is -2.24. The van der Waals surface area contributed by atoms with E-state index >= 15 is 0 Å². The zero-order chi connectivity index (χ0) is 15.0. The van der Waals surface area contributed by atoms with Crippen LogP contribution in [0.1, 0.15) is 26.2 Å². The number of nitrogens with one attached hydrogen (secondary N) is 1. The summed E-state index contributed by atoms with van der Waals surface area (Å²) in [5.74, 6) is 0.442. The zero-order valence-corrected chi connectivity index (χ0v) is 12.0. The molecule has 2 amide bonds. The second kappa shape index (κ2) is 5.27. The van der Waals surface area contributed by atoms with Crippen molar-refractivity contribution in [2.75, 3.05) is 17.2 Å². The van der Waals surface area contributed by atoms with Crippen LogP contribution in [0.2, 0.25) is 0 Å². The molecule has 1 fully saturated rings. The number of hydrogen-bond acceptors (Lipinski definition) is 4. The SMILES string of the molecule is CC1Oc2cc(N)ccc2N(CCC(=O)NC2CC2)C1=O. The van der Waals surface area contributed by atoms with E-state index in [9.17, 15) is 9.59 Å². The standard InChI is InChI=1S/C15H19N3O3/c1-9-15(20)18(7-6-14(19)17-11-3-4-11)12-5-2-10(16)8-13(12)21-9/h2,5,8-9,11H,3-4,6-7,16H2,1H3,(H,17,19). The molecule has 0 aromatic heterocycles. The third-order valence-corrected chi connectivity index (χ3v) is 3.70. The average molecular weight is 289 g/mol. The average Bonchev–Trinajstić information content (AvgIpc) is 3.23. The fourth-order valence-corrected chi connectivity index (χ4v) is 2.40. The second-order valence-electron chi connectivity index (χ2n) is 5.57. The lowest BCUT2D eigenvalue weighted by atomic mass is 10.1. The van der Waals surface area contributed by atoms with Gasteiger partial charge in [0.2, 0.25) is 5.91 Å². The molecule has 0 spiro atoms. The van der Waals surface area contributed by atoms with E-state index < -0.39 is 6.10 Å². The van der Waals surface area contributed by atoms with Gasteiger partial charge >= 0.3 is 0 Å². The fraction of sp³-hybridized carbons (Fsp3) is 0.467. The predicted molar refractivity (Wildman–Crippen MR) is 79.1 cm³/mol. The Labute approximate surface area is 123 Å². The molecule has 1 aromatic rings. The van der Waals surface area contributed by atoms with E-state index in [4.69, 9.17) is 10.5 Å². The first-order valence-electron chi connectivity index (χ1n) is 7.21. The molecule has 1 atom stereocenters. The molecule has 0 saturated heterocycles. The number of carbonyl (C=O) groups excluding carboxylic acids is 2. The van der Waals surface area contributed by atoms with Crippen molar-refractivity contribution < 1.29 is 14.3 Å². The van der Waals surface area contributed by atoms with Gasteiger partial charge in [0.05, 0.1) is 5.69 Å². The summed E-state index contributed by atoms with van der Waals surface area (Å²) in [6.07, 6.45) is 1.84. The minimum atomic E-state index is -0.564. The van der Waals surface area contributed by atoms with E-state index in [1.165, 1.54) is 0 Å². The first kappa shape index (κ1) is 13.7. The largest absolute Gasteiger partial charge is 0.479 e. The lowest BCUT2D eigenvalue weighted by Crippen LogP contribution is -2.46. The van der Waals surface area contributed by atoms with Crippen molar-refractivity contribution in [3.63, 3.8) is 0 Å². The highest BCUT2D eigenvalue weighted by atomic mass is 16.5. The molecule has 1 aliphatic heterocycles. The van der Waals surface area contributed by atoms with Crippen LogP contribution in [0.4, 0.5) is 11.4 Å². The highest BCUT2D eigenvalue weighted by Gasteiger charge is 2.32. The summed E-state index contributed by atoms with van der Waals surface area (Å²) in [4.78, 5) is 25.7. The van der Waals surface area contributed by atoms with Gasteiger partial charge < -0.3 is 20.7 Å². The molecule has 0 radical (unpaired) electrons. The van der Waals surface area contributed by atoms with Crippen molar-refractivity contribution in [2.45, 2.75) is 38.3 Å². The van der Waals surface area contributed by atoms with Gasteiger partial charge in [-0.3, -0.25) is 9.59 Å². The molecule has 2 aliphatic rings. The van der Waals surface area contributed by atoms with Crippen LogP contribution in [-0.4, -0.2) is 30.5 Å². The van der Waals surface area contributed by atoms with Gasteiger partial charge in [0.25, 0.3) is 5.91 Å². The quantitative estimate of drug-likeness (QED) is 0.811. The number of ether oxygens (including phenoxy) is 1. The first-order valence-corrected chi connectivity index (χ1v) is 7.21. The van der Waals surface area contributed by atoms with Gasteiger partial charge in [-0.25, -0.2) is 0 Å². The molecule has 6 nitrogen and oxygen atoms in total. The van der Waals surface area contributed by atoms with E-state index in [0.717, 1.165) is 12.8 Å². The monoisotopic (exact) mass is 289 g/mol. The maximum atomic E-state index is 12.3. The predicted octanol–water partition coefficient (Wildman–Crippen LogP) is 1.05. The Balaban J connectivity index is 1.73. The van der Waals surface area contributed by atoms with Crippen LogP contribution >= 0.6 is 0 Å². The second-order valence-corrected chi connectivity index (χ2v) is 5.57. The van der Waals surface area contributed by atoms with Crippen LogP contribution in [0.3, 0.4) is 0 Å². The number of fused-ring (bicyclic) bond motifs is 1. The molecule has 1 saturated carbocycles. The summed E-state index contributed by atoms with van der Waals surface area (Å²) in [5.41, 5.74) is 7.00. The molecule has 6 heteroatoms. The molecule has 0 bridgehead atoms. The molecule has 1 heterocycles. The number of hydrogen-bond donors (Lipinski definition) is 2. The van der Waals surface area contributed by atoms with Gasteiger partial charge in [0, 0.05) is 30.8 Å². The molecule has 3 rings (SSSR count). The van der Waals surface area contributed by atoms with Gasteiger partial charge in [0.1, 0.15) is 5.75 Å². The maximum absolute atomic E-state index is 12.3. The summed E-state index contributed by atoms with van der Waals surface area (Å²) in [6, 6.07) is 5.52. The fourth-order valence-electron chi connectivity index (χ4n) is 2.40. The van der Waals surface area contributed by atoms with Crippen LogP contribution in [0, 0.1) is 0 Å². The molecule has 1 aliphatic carbocycles. The Bertz CT molecular complexity index is 584. The smallest absolute Gasteiger partial charge is 0.267 e. The number of rotatable bonds is 4. The van der Waals surface area contributed by atoms with Crippen LogP contribution in [0.5, 0.6) is 5.75 Å². The number of carbonyl (C=O) groups is 2. The Morgan fingerprint density at radius 3 is 2.95 bits per heavy atom. The molecular weight excluding hydrogens is 270 g/mol. The first-order chi connectivity index (χ1) is 10.0. The summed E-state index contributed by atoms with van der Waals surface area (Å²) < 4.78 is 5.56. The summed E-state index contributed by atoms with van der Waals surface area (Å²) in [5, 5.41) is 2.92. The number of benzene rings is 1. The highest BCUT2D eigenvalue weighted by Crippen LogP contribution is 2.35. The lowest BCUT2D eigenvalue weighted by Gasteiger charge is -2.33. The van der Waals surface area contributed by atoms with Crippen molar-refractivity contribution in [3.8, 4) is 5.75 Å². The molecule has 1 aromatic carbocycles. The van der Waals surface area contributed by atoms with Crippen LogP contribution in [-0.2, 0) is 9.59 Å². The number of amides is 2. The van der Waals surface area contributed by atoms with Crippen molar-refractivity contribution in [2.24, 2.45) is 0 Å². The minimum absolute atomic E-state index is 0.0126. The van der Waals surface area contributed by atoms with E-state index in [1.54, 1.807) is 30.0 Å². The summed E-state index contributed by atoms with van der Waals surface area (Å²) in [7, 11) is 0. The van der Waals surface area contributed by atoms with Crippen molar-refractivity contribution in [3.05, 3.63) is 18.2 Å².